The molecule has 48 heavy (non-hydrogen) atoms. The summed E-state index contributed by atoms with van der Waals surface area (Å²) in [6.45, 7) is 11.8. The molecular weight excluding hydrogens is 596 g/mol. The van der Waals surface area contributed by atoms with Gasteiger partial charge < -0.3 is 9.64 Å². The number of fused-ring (bicyclic) bond motifs is 3. The van der Waals surface area contributed by atoms with Gasteiger partial charge in [-0.2, -0.15) is 5.10 Å². The first-order valence-electron chi connectivity index (χ1n) is 18.6. The van der Waals surface area contributed by atoms with Crippen LogP contribution >= 0.6 is 0 Å². The molecule has 4 aliphatic carbocycles. The zero-order chi connectivity index (χ0) is 33.5. The van der Waals surface area contributed by atoms with Gasteiger partial charge in [-0.25, -0.2) is 4.98 Å². The van der Waals surface area contributed by atoms with Crippen molar-refractivity contribution in [2.24, 2.45) is 11.3 Å². The first-order valence-corrected chi connectivity index (χ1v) is 18.6. The fourth-order valence-electron chi connectivity index (χ4n) is 9.36. The van der Waals surface area contributed by atoms with Crippen molar-refractivity contribution >= 4 is 11.7 Å². The van der Waals surface area contributed by atoms with Gasteiger partial charge in [0.05, 0.1) is 13.3 Å². The molecule has 8 nitrogen and oxygen atoms in total. The van der Waals surface area contributed by atoms with Crippen LogP contribution in [0.25, 0.3) is 11.1 Å². The van der Waals surface area contributed by atoms with Crippen LogP contribution in [0, 0.1) is 18.3 Å². The van der Waals surface area contributed by atoms with Crippen molar-refractivity contribution in [2.75, 3.05) is 51.8 Å². The molecule has 2 bridgehead atoms. The van der Waals surface area contributed by atoms with Gasteiger partial charge in [0.1, 0.15) is 11.6 Å². The molecular formula is C40H56N6O2. The van der Waals surface area contributed by atoms with Crippen LogP contribution in [-0.4, -0.2) is 83.4 Å². The number of amides is 1. The second-order valence-corrected chi connectivity index (χ2v) is 15.9. The van der Waals surface area contributed by atoms with Gasteiger partial charge in [-0.1, -0.05) is 12.1 Å². The summed E-state index contributed by atoms with van der Waals surface area (Å²) in [4.78, 5) is 26.9. The zero-order valence-corrected chi connectivity index (χ0v) is 30.0. The molecule has 1 aliphatic heterocycles. The SMILES string of the molecule is COc1ccc(C23CCC(CN(C(=O)C4CCC(N5CCN(C)CC5)CC4)c4cc(-c5cnn(C(C)C)c5)ccn4)(CC2)CC3)cc1C. The Labute approximate surface area is 287 Å². The summed E-state index contributed by atoms with van der Waals surface area (Å²) in [7, 11) is 3.98. The van der Waals surface area contributed by atoms with E-state index < -0.39 is 0 Å². The van der Waals surface area contributed by atoms with Crippen LogP contribution in [0.15, 0.2) is 48.9 Å². The Kier molecular flexibility index (Phi) is 9.42. The third kappa shape index (κ3) is 6.55. The number of aryl methyl sites for hydroxylation is 1. The maximum Gasteiger partial charge on any atom is 0.231 e. The van der Waals surface area contributed by atoms with Crippen LogP contribution in [0.3, 0.4) is 0 Å². The Bertz CT molecular complexity index is 1560. The second kappa shape index (κ2) is 13.6. The van der Waals surface area contributed by atoms with Crippen molar-refractivity contribution in [1.82, 2.24) is 24.6 Å². The largest absolute Gasteiger partial charge is 0.496 e. The third-order valence-corrected chi connectivity index (χ3v) is 12.8. The number of ether oxygens (including phenoxy) is 1. The Balaban J connectivity index is 1.12. The fourth-order valence-corrected chi connectivity index (χ4v) is 9.36. The number of piperazine rings is 1. The Morgan fingerprint density at radius 1 is 0.958 bits per heavy atom. The number of hydrogen-bond acceptors (Lipinski definition) is 6. The fraction of sp³-hybridized carbons (Fsp3) is 0.625. The molecule has 0 radical (unpaired) electrons. The Morgan fingerprint density at radius 3 is 2.29 bits per heavy atom. The van der Waals surface area contributed by atoms with Crippen molar-refractivity contribution in [3.63, 3.8) is 0 Å². The standard InChI is InChI=1S/C40H56N6O2/c1-29(2)46-27-33(26-42-46)32-12-19-41-37(25-32)45(38(47)31-6-9-35(10-7-31)44-22-20-43(4)21-23-44)28-39-13-16-40(17-14-39,18-15-39)34-8-11-36(48-5)30(3)24-34/h8,11-12,19,24-27,29,31,35H,6-7,9-10,13-18,20-23,28H2,1-5H3. The minimum atomic E-state index is 0.0628. The number of carbonyl (C=O) groups is 1. The highest BCUT2D eigenvalue weighted by Crippen LogP contribution is 2.58. The second-order valence-electron chi connectivity index (χ2n) is 15.9. The number of hydrogen-bond donors (Lipinski definition) is 0. The van der Waals surface area contributed by atoms with E-state index in [9.17, 15) is 4.79 Å². The summed E-state index contributed by atoms with van der Waals surface area (Å²) >= 11 is 0. The first-order chi connectivity index (χ1) is 23.2. The van der Waals surface area contributed by atoms with Gasteiger partial charge in [-0.15, -0.1) is 0 Å². The highest BCUT2D eigenvalue weighted by atomic mass is 16.5. The summed E-state index contributed by atoms with van der Waals surface area (Å²) in [6, 6.07) is 11.9. The summed E-state index contributed by atoms with van der Waals surface area (Å²) < 4.78 is 7.57. The monoisotopic (exact) mass is 652 g/mol. The van der Waals surface area contributed by atoms with Gasteiger partial charge in [-0.3, -0.25) is 19.3 Å². The van der Waals surface area contributed by atoms with Gasteiger partial charge in [0.15, 0.2) is 0 Å². The molecule has 8 rings (SSSR count). The Hall–Kier alpha value is -3.23. The van der Waals surface area contributed by atoms with E-state index in [2.05, 4.69) is 84.1 Å². The van der Waals surface area contributed by atoms with Crippen molar-refractivity contribution in [3.05, 3.63) is 60.0 Å². The number of rotatable bonds is 9. The molecule has 1 saturated heterocycles. The normalized spacial score (nSPS) is 28.1. The molecule has 3 heterocycles. The van der Waals surface area contributed by atoms with E-state index in [0.29, 0.717) is 12.1 Å². The summed E-state index contributed by atoms with van der Waals surface area (Å²) in [5.74, 6) is 2.12. The lowest BCUT2D eigenvalue weighted by atomic mass is 9.51. The number of methoxy groups -OCH3 is 1. The molecule has 0 unspecified atom stereocenters. The molecule has 0 spiro atoms. The van der Waals surface area contributed by atoms with Crippen LogP contribution in [0.4, 0.5) is 5.82 Å². The quantitative estimate of drug-likeness (QED) is 0.242. The molecule has 2 aromatic heterocycles. The summed E-state index contributed by atoms with van der Waals surface area (Å²) in [6.07, 6.45) is 17.1. The number of anilines is 1. The predicted octanol–water partition coefficient (Wildman–Crippen LogP) is 7.27. The molecule has 5 aliphatic rings. The molecule has 1 amide bonds. The molecule has 0 N–H and O–H groups in total. The number of nitrogens with zero attached hydrogens (tertiary/aromatic N) is 6. The number of carbonyl (C=O) groups excluding carboxylic acids is 1. The lowest BCUT2D eigenvalue weighted by molar-refractivity contribution is -0.124. The lowest BCUT2D eigenvalue weighted by Gasteiger charge is -2.55. The average molecular weight is 653 g/mol. The van der Waals surface area contributed by atoms with Gasteiger partial charge in [-0.05, 0) is 138 Å². The number of aromatic nitrogens is 3. The minimum absolute atomic E-state index is 0.0628. The van der Waals surface area contributed by atoms with Gasteiger partial charge >= 0.3 is 0 Å². The van der Waals surface area contributed by atoms with E-state index in [0.717, 1.165) is 100 Å². The molecule has 0 atom stereocenters. The van der Waals surface area contributed by atoms with Crippen molar-refractivity contribution in [3.8, 4) is 16.9 Å². The third-order valence-electron chi connectivity index (χ3n) is 12.8. The maximum absolute atomic E-state index is 14.7. The summed E-state index contributed by atoms with van der Waals surface area (Å²) in [5, 5.41) is 4.60. The van der Waals surface area contributed by atoms with E-state index in [1.54, 1.807) is 7.11 Å². The summed E-state index contributed by atoms with van der Waals surface area (Å²) in [5.41, 5.74) is 5.20. The molecule has 3 aromatic rings. The topological polar surface area (TPSA) is 66.7 Å². The van der Waals surface area contributed by atoms with Crippen LogP contribution < -0.4 is 9.64 Å². The molecule has 4 saturated carbocycles. The van der Waals surface area contributed by atoms with Gasteiger partial charge in [0.25, 0.3) is 0 Å². The minimum Gasteiger partial charge on any atom is -0.496 e. The van der Waals surface area contributed by atoms with Gasteiger partial charge in [0, 0.05) is 68.7 Å². The van der Waals surface area contributed by atoms with E-state index in [1.165, 1.54) is 30.4 Å². The number of benzene rings is 1. The first kappa shape index (κ1) is 33.3. The van der Waals surface area contributed by atoms with Crippen LogP contribution in [0.1, 0.15) is 95.2 Å². The van der Waals surface area contributed by atoms with Crippen LogP contribution in [0.5, 0.6) is 5.75 Å². The van der Waals surface area contributed by atoms with Crippen molar-refractivity contribution in [2.45, 2.75) is 102 Å². The Morgan fingerprint density at radius 2 is 1.67 bits per heavy atom. The van der Waals surface area contributed by atoms with Crippen molar-refractivity contribution < 1.29 is 9.53 Å². The van der Waals surface area contributed by atoms with Crippen LogP contribution in [-0.2, 0) is 10.2 Å². The highest BCUT2D eigenvalue weighted by Gasteiger charge is 2.51. The smallest absolute Gasteiger partial charge is 0.231 e. The maximum atomic E-state index is 14.7. The van der Waals surface area contributed by atoms with E-state index in [1.807, 2.05) is 17.1 Å². The predicted molar refractivity (Wildman–Crippen MR) is 193 cm³/mol. The van der Waals surface area contributed by atoms with E-state index in [-0.39, 0.29) is 22.7 Å². The van der Waals surface area contributed by atoms with Crippen LogP contribution in [0.2, 0.25) is 0 Å². The number of pyridine rings is 1. The van der Waals surface area contributed by atoms with Crippen molar-refractivity contribution in [1.29, 1.82) is 0 Å². The van der Waals surface area contributed by atoms with Gasteiger partial charge in [0.2, 0.25) is 5.91 Å². The zero-order valence-electron chi connectivity index (χ0n) is 30.0. The lowest BCUT2D eigenvalue weighted by Crippen LogP contribution is -2.53. The molecule has 8 heteroatoms. The average Bonchev–Trinajstić information content (AvgIpc) is 3.63. The number of likely N-dealkylation sites (N-methyl/N-ethyl adjacent to an activating group) is 1. The molecule has 1 aromatic carbocycles. The highest BCUT2D eigenvalue weighted by molar-refractivity contribution is 5.95. The van der Waals surface area contributed by atoms with E-state index >= 15 is 0 Å². The van der Waals surface area contributed by atoms with E-state index in [4.69, 9.17) is 9.72 Å². The molecule has 258 valence electrons. The molecule has 5 fully saturated rings.